The lowest BCUT2D eigenvalue weighted by Crippen LogP contribution is -2.11. The van der Waals surface area contributed by atoms with Gasteiger partial charge in [-0.25, -0.2) is 9.48 Å². The molecule has 0 amide bonds. The van der Waals surface area contributed by atoms with Crippen molar-refractivity contribution in [3.63, 3.8) is 0 Å². The quantitative estimate of drug-likeness (QED) is 0.724. The minimum Gasteiger partial charge on any atom is -0.453 e. The second-order valence-corrected chi connectivity index (χ2v) is 4.66. The SMILES string of the molecule is CCCn1nnnc1COC(=O)c1cc2ccccc2[nH]1. The molecular formula is C14H15N5O2. The smallest absolute Gasteiger partial charge is 0.355 e. The lowest BCUT2D eigenvalue weighted by atomic mass is 10.2. The number of ether oxygens (including phenoxy) is 1. The molecule has 21 heavy (non-hydrogen) atoms. The van der Waals surface area contributed by atoms with Gasteiger partial charge in [-0.05, 0) is 29.0 Å². The summed E-state index contributed by atoms with van der Waals surface area (Å²) < 4.78 is 6.89. The Morgan fingerprint density at radius 1 is 1.38 bits per heavy atom. The summed E-state index contributed by atoms with van der Waals surface area (Å²) in [6.45, 7) is 2.79. The summed E-state index contributed by atoms with van der Waals surface area (Å²) in [5.41, 5.74) is 1.32. The van der Waals surface area contributed by atoms with E-state index in [1.54, 1.807) is 10.7 Å². The minimum atomic E-state index is -0.419. The van der Waals surface area contributed by atoms with Crippen molar-refractivity contribution < 1.29 is 9.53 Å². The normalized spacial score (nSPS) is 10.9. The first-order valence-corrected chi connectivity index (χ1v) is 6.78. The van der Waals surface area contributed by atoms with Crippen molar-refractivity contribution in [3.8, 4) is 0 Å². The molecule has 3 aromatic rings. The number of aryl methyl sites for hydroxylation is 1. The highest BCUT2D eigenvalue weighted by Crippen LogP contribution is 2.15. The maximum absolute atomic E-state index is 12.0. The Bertz CT molecular complexity index is 728. The van der Waals surface area contributed by atoms with Crippen molar-refractivity contribution >= 4 is 16.9 Å². The highest BCUT2D eigenvalue weighted by molar-refractivity contribution is 5.94. The first kappa shape index (κ1) is 13.3. The number of hydrogen-bond acceptors (Lipinski definition) is 5. The van der Waals surface area contributed by atoms with E-state index in [1.165, 1.54) is 0 Å². The average Bonchev–Trinajstić information content (AvgIpc) is 3.11. The fourth-order valence-corrected chi connectivity index (χ4v) is 2.10. The van der Waals surface area contributed by atoms with Crippen LogP contribution in [0.2, 0.25) is 0 Å². The molecule has 0 aliphatic carbocycles. The lowest BCUT2D eigenvalue weighted by molar-refractivity contribution is 0.0450. The number of esters is 1. The Labute approximate surface area is 120 Å². The molecule has 0 fully saturated rings. The zero-order valence-corrected chi connectivity index (χ0v) is 11.6. The molecule has 0 saturated carbocycles. The number of carbonyl (C=O) groups excluding carboxylic acids is 1. The van der Waals surface area contributed by atoms with Crippen LogP contribution in [0, 0.1) is 0 Å². The zero-order valence-electron chi connectivity index (χ0n) is 11.6. The van der Waals surface area contributed by atoms with E-state index in [1.807, 2.05) is 31.2 Å². The van der Waals surface area contributed by atoms with Gasteiger partial charge < -0.3 is 9.72 Å². The van der Waals surface area contributed by atoms with Crippen molar-refractivity contribution in [1.82, 2.24) is 25.2 Å². The van der Waals surface area contributed by atoms with Gasteiger partial charge in [0.05, 0.1) is 0 Å². The minimum absolute atomic E-state index is 0.0567. The number of nitrogens with one attached hydrogen (secondary N) is 1. The molecule has 1 aromatic carbocycles. The molecular weight excluding hydrogens is 270 g/mol. The van der Waals surface area contributed by atoms with Crippen LogP contribution in [0.15, 0.2) is 30.3 Å². The third-order valence-corrected chi connectivity index (χ3v) is 3.12. The van der Waals surface area contributed by atoms with Crippen LogP contribution in [0.25, 0.3) is 10.9 Å². The maximum Gasteiger partial charge on any atom is 0.355 e. The molecule has 0 aliphatic heterocycles. The molecule has 0 atom stereocenters. The number of para-hydroxylation sites is 1. The Morgan fingerprint density at radius 2 is 2.24 bits per heavy atom. The first-order valence-electron chi connectivity index (χ1n) is 6.78. The number of hydrogen-bond donors (Lipinski definition) is 1. The van der Waals surface area contributed by atoms with Gasteiger partial charge in [-0.3, -0.25) is 0 Å². The van der Waals surface area contributed by atoms with Crippen LogP contribution in [0.5, 0.6) is 0 Å². The van der Waals surface area contributed by atoms with Gasteiger partial charge in [0.15, 0.2) is 12.4 Å². The van der Waals surface area contributed by atoms with Gasteiger partial charge >= 0.3 is 5.97 Å². The van der Waals surface area contributed by atoms with Crippen molar-refractivity contribution in [2.24, 2.45) is 0 Å². The summed E-state index contributed by atoms with van der Waals surface area (Å²) in [6, 6.07) is 9.45. The standard InChI is InChI=1S/C14H15N5O2/c1-2-7-19-13(16-17-18-19)9-21-14(20)12-8-10-5-3-4-6-11(10)15-12/h3-6,8,15H,2,7,9H2,1H3. The molecule has 2 heterocycles. The van der Waals surface area contributed by atoms with Crippen molar-refractivity contribution in [2.75, 3.05) is 0 Å². The van der Waals surface area contributed by atoms with Gasteiger partial charge in [0.2, 0.25) is 0 Å². The fourth-order valence-electron chi connectivity index (χ4n) is 2.10. The van der Waals surface area contributed by atoms with E-state index in [9.17, 15) is 4.79 Å². The Kier molecular flexibility index (Phi) is 3.63. The highest BCUT2D eigenvalue weighted by atomic mass is 16.5. The molecule has 0 spiro atoms. The topological polar surface area (TPSA) is 85.7 Å². The summed E-state index contributed by atoms with van der Waals surface area (Å²) in [6.07, 6.45) is 0.911. The zero-order chi connectivity index (χ0) is 14.7. The molecule has 7 nitrogen and oxygen atoms in total. The third-order valence-electron chi connectivity index (χ3n) is 3.12. The molecule has 7 heteroatoms. The number of rotatable bonds is 5. The van der Waals surface area contributed by atoms with Gasteiger partial charge in [0.1, 0.15) is 5.69 Å². The van der Waals surface area contributed by atoms with Crippen molar-refractivity contribution in [3.05, 3.63) is 41.9 Å². The number of benzene rings is 1. The molecule has 0 aliphatic rings. The van der Waals surface area contributed by atoms with Crippen LogP contribution in [0.4, 0.5) is 0 Å². The Balaban J connectivity index is 1.70. The Morgan fingerprint density at radius 3 is 3.05 bits per heavy atom. The molecule has 108 valence electrons. The first-order chi connectivity index (χ1) is 10.3. The summed E-state index contributed by atoms with van der Waals surface area (Å²) in [5, 5.41) is 12.3. The van der Waals surface area contributed by atoms with Gasteiger partial charge in [0.25, 0.3) is 0 Å². The second-order valence-electron chi connectivity index (χ2n) is 4.66. The van der Waals surface area contributed by atoms with Crippen molar-refractivity contribution in [2.45, 2.75) is 26.5 Å². The molecule has 0 radical (unpaired) electrons. The Hall–Kier alpha value is -2.70. The molecule has 0 saturated heterocycles. The van der Waals surface area contributed by atoms with Crippen LogP contribution in [0.3, 0.4) is 0 Å². The lowest BCUT2D eigenvalue weighted by Gasteiger charge is -2.03. The van der Waals surface area contributed by atoms with E-state index in [0.717, 1.165) is 17.3 Å². The number of tetrazole rings is 1. The molecule has 0 unspecified atom stereocenters. The van der Waals surface area contributed by atoms with Crippen molar-refractivity contribution in [1.29, 1.82) is 0 Å². The van der Waals surface area contributed by atoms with E-state index < -0.39 is 5.97 Å². The van der Waals surface area contributed by atoms with E-state index in [4.69, 9.17) is 4.74 Å². The molecule has 1 N–H and O–H groups in total. The van der Waals surface area contributed by atoms with Gasteiger partial charge in [-0.15, -0.1) is 5.10 Å². The van der Waals surface area contributed by atoms with Gasteiger partial charge in [0, 0.05) is 17.4 Å². The summed E-state index contributed by atoms with van der Waals surface area (Å²) in [7, 11) is 0. The second kappa shape index (κ2) is 5.74. The van der Waals surface area contributed by atoms with Crippen LogP contribution in [0.1, 0.15) is 29.7 Å². The van der Waals surface area contributed by atoms with E-state index >= 15 is 0 Å². The molecule has 0 bridgehead atoms. The van der Waals surface area contributed by atoms with Crippen LogP contribution >= 0.6 is 0 Å². The number of aromatic amines is 1. The average molecular weight is 285 g/mol. The van der Waals surface area contributed by atoms with Gasteiger partial charge in [-0.1, -0.05) is 25.1 Å². The predicted molar refractivity (Wildman–Crippen MR) is 75.5 cm³/mol. The highest BCUT2D eigenvalue weighted by Gasteiger charge is 2.13. The van der Waals surface area contributed by atoms with E-state index in [2.05, 4.69) is 20.5 Å². The van der Waals surface area contributed by atoms with E-state index in [-0.39, 0.29) is 6.61 Å². The maximum atomic E-state index is 12.0. The largest absolute Gasteiger partial charge is 0.453 e. The monoisotopic (exact) mass is 285 g/mol. The van der Waals surface area contributed by atoms with Crippen LogP contribution < -0.4 is 0 Å². The fraction of sp³-hybridized carbons (Fsp3) is 0.286. The number of H-pyrrole nitrogens is 1. The molecule has 3 rings (SSSR count). The number of nitrogens with zero attached hydrogens (tertiary/aromatic N) is 4. The number of carbonyl (C=O) groups is 1. The van der Waals surface area contributed by atoms with E-state index in [0.29, 0.717) is 18.1 Å². The van der Waals surface area contributed by atoms with Gasteiger partial charge in [-0.2, -0.15) is 0 Å². The number of aromatic nitrogens is 5. The van der Waals surface area contributed by atoms with Crippen LogP contribution in [-0.4, -0.2) is 31.2 Å². The predicted octanol–water partition coefficient (Wildman–Crippen LogP) is 1.92. The molecule has 2 aromatic heterocycles. The van der Waals surface area contributed by atoms with Crippen LogP contribution in [-0.2, 0) is 17.9 Å². The summed E-state index contributed by atoms with van der Waals surface area (Å²) in [4.78, 5) is 15.1. The summed E-state index contributed by atoms with van der Waals surface area (Å²) in [5.74, 6) is 0.124. The number of fused-ring (bicyclic) bond motifs is 1. The summed E-state index contributed by atoms with van der Waals surface area (Å²) >= 11 is 0. The third kappa shape index (κ3) is 2.76.